The van der Waals surface area contributed by atoms with Crippen LogP contribution in [0.15, 0.2) is 53.5 Å². The zero-order valence-corrected chi connectivity index (χ0v) is 16.4. The highest BCUT2D eigenvalue weighted by atomic mass is 16.5. The lowest BCUT2D eigenvalue weighted by atomic mass is 9.98. The number of hydrogen-bond acceptors (Lipinski definition) is 3. The van der Waals surface area contributed by atoms with E-state index >= 15 is 0 Å². The second kappa shape index (κ2) is 9.42. The largest absolute Gasteiger partial charge is 0.497 e. The number of ether oxygens (including phenoxy) is 2. The van der Waals surface area contributed by atoms with E-state index in [-0.39, 0.29) is 0 Å². The number of nitrogens with zero attached hydrogens (tertiary/aromatic N) is 2. The van der Waals surface area contributed by atoms with Gasteiger partial charge in [0.05, 0.1) is 13.7 Å². The summed E-state index contributed by atoms with van der Waals surface area (Å²) in [5.74, 6) is 2.38. The van der Waals surface area contributed by atoms with E-state index in [1.165, 1.54) is 16.7 Å². The van der Waals surface area contributed by atoms with E-state index in [9.17, 15) is 0 Å². The average molecular weight is 367 g/mol. The highest BCUT2D eigenvalue weighted by Gasteiger charge is 2.26. The smallest absolute Gasteiger partial charge is 0.193 e. The lowest BCUT2D eigenvalue weighted by molar-refractivity contribution is 0.184. The molecule has 2 aromatic rings. The van der Waals surface area contributed by atoms with Gasteiger partial charge in [-0.2, -0.15) is 0 Å². The molecule has 27 heavy (non-hydrogen) atoms. The van der Waals surface area contributed by atoms with Crippen LogP contribution in [0.5, 0.6) is 5.75 Å². The molecule has 144 valence electrons. The molecule has 3 rings (SSSR count). The zero-order chi connectivity index (χ0) is 19.1. The third-order valence-corrected chi connectivity index (χ3v) is 5.14. The Bertz CT molecular complexity index is 758. The van der Waals surface area contributed by atoms with Crippen molar-refractivity contribution in [1.82, 2.24) is 10.2 Å². The third-order valence-electron chi connectivity index (χ3n) is 5.14. The highest BCUT2D eigenvalue weighted by molar-refractivity contribution is 5.80. The van der Waals surface area contributed by atoms with Crippen LogP contribution in [-0.2, 0) is 17.9 Å². The zero-order valence-electron chi connectivity index (χ0n) is 16.4. The van der Waals surface area contributed by atoms with Gasteiger partial charge in [-0.1, -0.05) is 36.4 Å². The van der Waals surface area contributed by atoms with Crippen molar-refractivity contribution < 1.29 is 9.47 Å². The molecule has 0 spiro atoms. The number of likely N-dealkylation sites (tertiary alicyclic amines) is 1. The van der Waals surface area contributed by atoms with Gasteiger partial charge in [-0.15, -0.1) is 0 Å². The van der Waals surface area contributed by atoms with Crippen molar-refractivity contribution in [2.24, 2.45) is 4.99 Å². The summed E-state index contributed by atoms with van der Waals surface area (Å²) in [7, 11) is 5.28. The Balaban J connectivity index is 1.60. The molecule has 1 N–H and O–H groups in total. The number of methoxy groups -OCH3 is 2. The summed E-state index contributed by atoms with van der Waals surface area (Å²) < 4.78 is 10.6. The monoisotopic (exact) mass is 367 g/mol. The molecule has 1 saturated heterocycles. The highest BCUT2D eigenvalue weighted by Crippen LogP contribution is 2.28. The van der Waals surface area contributed by atoms with E-state index in [4.69, 9.17) is 9.47 Å². The predicted octanol–water partition coefficient (Wildman–Crippen LogP) is 3.41. The first-order valence-electron chi connectivity index (χ1n) is 9.40. The lowest BCUT2D eigenvalue weighted by Gasteiger charge is -2.22. The fraction of sp³-hybridized carbons (Fsp3) is 0.409. The molecule has 1 heterocycles. The molecule has 1 aliphatic heterocycles. The van der Waals surface area contributed by atoms with Crippen LogP contribution in [0.25, 0.3) is 0 Å². The topological polar surface area (TPSA) is 46.1 Å². The molecule has 0 amide bonds. The normalized spacial score (nSPS) is 17.2. The Labute approximate surface area is 162 Å². The van der Waals surface area contributed by atoms with E-state index in [1.807, 2.05) is 25.2 Å². The molecule has 2 aromatic carbocycles. The minimum absolute atomic E-state index is 0.523. The maximum atomic E-state index is 5.30. The Kier molecular flexibility index (Phi) is 6.71. The van der Waals surface area contributed by atoms with Gasteiger partial charge in [0, 0.05) is 39.7 Å². The summed E-state index contributed by atoms with van der Waals surface area (Å²) >= 11 is 0. The van der Waals surface area contributed by atoms with Crippen molar-refractivity contribution in [3.8, 4) is 5.75 Å². The number of hydrogen-bond donors (Lipinski definition) is 1. The predicted molar refractivity (Wildman–Crippen MR) is 109 cm³/mol. The van der Waals surface area contributed by atoms with E-state index in [1.54, 1.807) is 14.2 Å². The summed E-state index contributed by atoms with van der Waals surface area (Å²) in [6.45, 7) is 3.36. The van der Waals surface area contributed by atoms with Crippen LogP contribution in [-0.4, -0.2) is 45.2 Å². The van der Waals surface area contributed by atoms with Crippen LogP contribution in [0, 0.1) is 0 Å². The SMILES string of the molecule is CN=C(NCc1ccccc1COC)N1CCC(c2ccc(OC)cc2)C1. The van der Waals surface area contributed by atoms with Crippen LogP contribution in [0.1, 0.15) is 29.0 Å². The van der Waals surface area contributed by atoms with Crippen LogP contribution in [0.2, 0.25) is 0 Å². The van der Waals surface area contributed by atoms with Gasteiger partial charge < -0.3 is 19.7 Å². The van der Waals surface area contributed by atoms with Crippen molar-refractivity contribution in [2.75, 3.05) is 34.4 Å². The van der Waals surface area contributed by atoms with Gasteiger partial charge in [0.25, 0.3) is 0 Å². The molecule has 1 unspecified atom stereocenters. The van der Waals surface area contributed by atoms with Gasteiger partial charge in [0.15, 0.2) is 5.96 Å². The minimum Gasteiger partial charge on any atom is -0.497 e. The third kappa shape index (κ3) is 4.80. The molecule has 1 fully saturated rings. The van der Waals surface area contributed by atoms with Gasteiger partial charge in [-0.25, -0.2) is 0 Å². The fourth-order valence-electron chi connectivity index (χ4n) is 3.63. The first kappa shape index (κ1) is 19.2. The van der Waals surface area contributed by atoms with Crippen molar-refractivity contribution in [3.05, 3.63) is 65.2 Å². The van der Waals surface area contributed by atoms with Crippen molar-refractivity contribution in [2.45, 2.75) is 25.5 Å². The summed E-state index contributed by atoms with van der Waals surface area (Å²) in [5.41, 5.74) is 3.81. The molecule has 0 aliphatic carbocycles. The number of nitrogens with one attached hydrogen (secondary N) is 1. The lowest BCUT2D eigenvalue weighted by Crippen LogP contribution is -2.39. The van der Waals surface area contributed by atoms with Gasteiger partial charge in [0.2, 0.25) is 0 Å². The van der Waals surface area contributed by atoms with Gasteiger partial charge in [-0.05, 0) is 35.2 Å². The van der Waals surface area contributed by atoms with Gasteiger partial charge in [-0.3, -0.25) is 4.99 Å². The molecule has 0 radical (unpaired) electrons. The van der Waals surface area contributed by atoms with E-state index in [2.05, 4.69) is 45.5 Å². The minimum atomic E-state index is 0.523. The molecule has 1 aliphatic rings. The molecule has 5 nitrogen and oxygen atoms in total. The Hall–Kier alpha value is -2.53. The van der Waals surface area contributed by atoms with Crippen LogP contribution < -0.4 is 10.1 Å². The number of benzene rings is 2. The molecule has 0 bridgehead atoms. The number of guanidine groups is 1. The number of rotatable bonds is 6. The van der Waals surface area contributed by atoms with Crippen LogP contribution >= 0.6 is 0 Å². The fourth-order valence-corrected chi connectivity index (χ4v) is 3.63. The Morgan fingerprint density at radius 2 is 1.85 bits per heavy atom. The maximum Gasteiger partial charge on any atom is 0.193 e. The van der Waals surface area contributed by atoms with Crippen molar-refractivity contribution >= 4 is 5.96 Å². The molecule has 5 heteroatoms. The van der Waals surface area contributed by atoms with E-state index in [0.717, 1.165) is 37.8 Å². The first-order valence-corrected chi connectivity index (χ1v) is 9.40. The van der Waals surface area contributed by atoms with Crippen LogP contribution in [0.3, 0.4) is 0 Å². The molecule has 0 aromatic heterocycles. The molecule has 1 atom stereocenters. The molecule has 0 saturated carbocycles. The van der Waals surface area contributed by atoms with Crippen molar-refractivity contribution in [3.63, 3.8) is 0 Å². The second-order valence-corrected chi connectivity index (χ2v) is 6.81. The van der Waals surface area contributed by atoms with Gasteiger partial charge >= 0.3 is 0 Å². The Morgan fingerprint density at radius 1 is 1.11 bits per heavy atom. The van der Waals surface area contributed by atoms with E-state index < -0.39 is 0 Å². The maximum absolute atomic E-state index is 5.30. The molecular formula is C22H29N3O2. The Morgan fingerprint density at radius 3 is 2.52 bits per heavy atom. The summed E-state index contributed by atoms with van der Waals surface area (Å²) in [6.07, 6.45) is 1.13. The van der Waals surface area contributed by atoms with Crippen molar-refractivity contribution in [1.29, 1.82) is 0 Å². The second-order valence-electron chi connectivity index (χ2n) is 6.81. The van der Waals surface area contributed by atoms with Crippen LogP contribution in [0.4, 0.5) is 0 Å². The first-order chi connectivity index (χ1) is 13.2. The summed E-state index contributed by atoms with van der Waals surface area (Å²) in [6, 6.07) is 16.8. The summed E-state index contributed by atoms with van der Waals surface area (Å²) in [5, 5.41) is 3.52. The average Bonchev–Trinajstić information content (AvgIpc) is 3.20. The standard InChI is InChI=1S/C22H29N3O2/c1-23-22(24-14-18-6-4-5-7-20(18)16-26-2)25-13-12-19(15-25)17-8-10-21(27-3)11-9-17/h4-11,19H,12-16H2,1-3H3,(H,23,24). The quantitative estimate of drug-likeness (QED) is 0.628. The van der Waals surface area contributed by atoms with Gasteiger partial charge in [0.1, 0.15) is 5.75 Å². The molecular weight excluding hydrogens is 338 g/mol. The summed E-state index contributed by atoms with van der Waals surface area (Å²) in [4.78, 5) is 6.84. The van der Waals surface area contributed by atoms with E-state index in [0.29, 0.717) is 12.5 Å². The number of aliphatic imine (C=N–C) groups is 1.